The van der Waals surface area contributed by atoms with Crippen molar-refractivity contribution in [3.63, 3.8) is 0 Å². The van der Waals surface area contributed by atoms with Gasteiger partial charge >= 0.3 is 0 Å². The summed E-state index contributed by atoms with van der Waals surface area (Å²) in [6.45, 7) is 14.6. The summed E-state index contributed by atoms with van der Waals surface area (Å²) in [7, 11) is 0. The van der Waals surface area contributed by atoms with Crippen molar-refractivity contribution in [1.29, 1.82) is 0 Å². The lowest BCUT2D eigenvalue weighted by Gasteiger charge is -2.23. The van der Waals surface area contributed by atoms with Crippen molar-refractivity contribution in [2.75, 3.05) is 12.3 Å². The minimum Gasteiger partial charge on any atom is -0.311 e. The first-order valence-electron chi connectivity index (χ1n) is 5.18. The van der Waals surface area contributed by atoms with Crippen LogP contribution in [0.15, 0.2) is 0 Å². The Hall–Kier alpha value is 0.310. The van der Waals surface area contributed by atoms with Gasteiger partial charge in [0.15, 0.2) is 0 Å². The molecule has 0 heterocycles. The van der Waals surface area contributed by atoms with Crippen LogP contribution in [-0.2, 0) is 0 Å². The topological polar surface area (TPSA) is 12.0 Å². The molecular formula is C11H25NS. The second-order valence-electron chi connectivity index (χ2n) is 5.17. The largest absolute Gasteiger partial charge is 0.311 e. The van der Waals surface area contributed by atoms with Crippen molar-refractivity contribution < 1.29 is 0 Å². The first kappa shape index (κ1) is 13.3. The maximum absolute atomic E-state index is 3.52. The lowest BCUT2D eigenvalue weighted by Crippen LogP contribution is -2.39. The van der Waals surface area contributed by atoms with Gasteiger partial charge in [0.2, 0.25) is 0 Å². The van der Waals surface area contributed by atoms with Crippen molar-refractivity contribution in [3.05, 3.63) is 0 Å². The summed E-state index contributed by atoms with van der Waals surface area (Å²) < 4.78 is 0. The van der Waals surface area contributed by atoms with Gasteiger partial charge in [-0.2, -0.15) is 11.8 Å². The minimum atomic E-state index is 0.257. The first-order chi connectivity index (χ1) is 5.81. The normalized spacial score (nSPS) is 15.0. The van der Waals surface area contributed by atoms with Crippen LogP contribution in [0.3, 0.4) is 0 Å². The van der Waals surface area contributed by atoms with Crippen LogP contribution in [0.5, 0.6) is 0 Å². The Labute approximate surface area is 88.1 Å². The lowest BCUT2D eigenvalue weighted by molar-refractivity contribution is 0.429. The average Bonchev–Trinajstić information content (AvgIpc) is 1.95. The molecule has 0 aliphatic carbocycles. The van der Waals surface area contributed by atoms with E-state index in [-0.39, 0.29) is 5.54 Å². The minimum absolute atomic E-state index is 0.257. The zero-order valence-corrected chi connectivity index (χ0v) is 10.8. The predicted octanol–water partition coefficient (Wildman–Crippen LogP) is 3.15. The molecule has 0 radical (unpaired) electrons. The molecule has 13 heavy (non-hydrogen) atoms. The molecule has 2 heteroatoms. The molecule has 0 aliphatic heterocycles. The van der Waals surface area contributed by atoms with E-state index in [4.69, 9.17) is 0 Å². The average molecular weight is 203 g/mol. The number of rotatable bonds is 5. The van der Waals surface area contributed by atoms with Gasteiger partial charge < -0.3 is 5.32 Å². The van der Waals surface area contributed by atoms with E-state index in [1.54, 1.807) is 0 Å². The highest BCUT2D eigenvalue weighted by molar-refractivity contribution is 7.99. The lowest BCUT2D eigenvalue weighted by atomic mass is 10.1. The van der Waals surface area contributed by atoms with Gasteiger partial charge in [-0.05, 0) is 32.4 Å². The Bertz CT molecular complexity index is 127. The molecule has 1 N–H and O–H groups in total. The van der Waals surface area contributed by atoms with Crippen molar-refractivity contribution in [2.24, 2.45) is 5.92 Å². The third kappa shape index (κ3) is 10.2. The van der Waals surface area contributed by atoms with Crippen LogP contribution in [-0.4, -0.2) is 23.1 Å². The summed E-state index contributed by atoms with van der Waals surface area (Å²) in [6.07, 6.45) is 0. The Kier molecular flexibility index (Phi) is 6.06. The highest BCUT2D eigenvalue weighted by Crippen LogP contribution is 2.14. The molecule has 0 spiro atoms. The summed E-state index contributed by atoms with van der Waals surface area (Å²) in [5, 5.41) is 4.25. The molecule has 0 amide bonds. The summed E-state index contributed by atoms with van der Waals surface area (Å²) in [6, 6.07) is 0. The molecule has 80 valence electrons. The van der Waals surface area contributed by atoms with Crippen LogP contribution in [0.4, 0.5) is 0 Å². The van der Waals surface area contributed by atoms with Crippen molar-refractivity contribution >= 4 is 11.8 Å². The van der Waals surface area contributed by atoms with Crippen LogP contribution in [0.1, 0.15) is 41.5 Å². The summed E-state index contributed by atoms with van der Waals surface area (Å²) in [5.74, 6) is 2.08. The molecule has 0 aromatic heterocycles. The fourth-order valence-electron chi connectivity index (χ4n) is 0.866. The summed E-state index contributed by atoms with van der Waals surface area (Å²) >= 11 is 2.06. The molecule has 0 saturated heterocycles. The number of thioether (sulfide) groups is 1. The third-order valence-electron chi connectivity index (χ3n) is 1.63. The molecule has 0 aromatic rings. The van der Waals surface area contributed by atoms with Crippen LogP contribution < -0.4 is 5.32 Å². The molecule has 0 bridgehead atoms. The zero-order valence-electron chi connectivity index (χ0n) is 9.98. The Balaban J connectivity index is 3.46. The van der Waals surface area contributed by atoms with Gasteiger partial charge in [0.05, 0.1) is 0 Å². The van der Waals surface area contributed by atoms with E-state index in [0.29, 0.717) is 0 Å². The van der Waals surface area contributed by atoms with Gasteiger partial charge in [-0.25, -0.2) is 0 Å². The summed E-state index contributed by atoms with van der Waals surface area (Å²) in [5.41, 5.74) is 0.257. The fraction of sp³-hybridized carbons (Fsp3) is 1.00. The highest BCUT2D eigenvalue weighted by atomic mass is 32.2. The van der Waals surface area contributed by atoms with Gasteiger partial charge in [-0.1, -0.05) is 20.8 Å². The molecule has 0 aliphatic rings. The Morgan fingerprint density at radius 3 is 2.08 bits per heavy atom. The van der Waals surface area contributed by atoms with Crippen LogP contribution in [0.25, 0.3) is 0 Å². The van der Waals surface area contributed by atoms with E-state index >= 15 is 0 Å². The van der Waals surface area contributed by atoms with Crippen molar-refractivity contribution in [2.45, 2.75) is 52.3 Å². The van der Waals surface area contributed by atoms with E-state index in [9.17, 15) is 0 Å². The van der Waals surface area contributed by atoms with Crippen molar-refractivity contribution in [3.8, 4) is 0 Å². The molecule has 1 nitrogen and oxygen atoms in total. The monoisotopic (exact) mass is 203 g/mol. The van der Waals surface area contributed by atoms with Gasteiger partial charge in [-0.3, -0.25) is 0 Å². The van der Waals surface area contributed by atoms with E-state index in [2.05, 4.69) is 58.6 Å². The van der Waals surface area contributed by atoms with Gasteiger partial charge in [0.1, 0.15) is 0 Å². The second-order valence-corrected chi connectivity index (χ2v) is 6.64. The quantitative estimate of drug-likeness (QED) is 0.736. The molecule has 0 fully saturated rings. The molecule has 0 rings (SSSR count). The van der Waals surface area contributed by atoms with Gasteiger partial charge in [0.25, 0.3) is 0 Å². The maximum atomic E-state index is 3.52. The van der Waals surface area contributed by atoms with E-state index in [1.165, 1.54) is 5.75 Å². The van der Waals surface area contributed by atoms with Crippen LogP contribution in [0.2, 0.25) is 0 Å². The SMILES string of the molecule is CC(C)CSC(C)CNC(C)(C)C. The number of hydrogen-bond acceptors (Lipinski definition) is 2. The maximum Gasteiger partial charge on any atom is 0.0144 e. The standard InChI is InChI=1S/C11H25NS/c1-9(2)8-13-10(3)7-12-11(4,5)6/h9-10,12H,7-8H2,1-6H3. The molecule has 1 atom stereocenters. The fourth-order valence-corrected chi connectivity index (χ4v) is 1.78. The first-order valence-corrected chi connectivity index (χ1v) is 6.23. The highest BCUT2D eigenvalue weighted by Gasteiger charge is 2.11. The van der Waals surface area contributed by atoms with E-state index in [0.717, 1.165) is 17.7 Å². The van der Waals surface area contributed by atoms with Gasteiger partial charge in [0, 0.05) is 17.3 Å². The molecule has 1 unspecified atom stereocenters. The molecular weight excluding hydrogens is 178 g/mol. The number of hydrogen-bond donors (Lipinski definition) is 1. The van der Waals surface area contributed by atoms with Crippen LogP contribution in [0, 0.1) is 5.92 Å². The van der Waals surface area contributed by atoms with E-state index in [1.807, 2.05) is 0 Å². The molecule has 0 saturated carbocycles. The smallest absolute Gasteiger partial charge is 0.0144 e. The molecule has 0 aromatic carbocycles. The van der Waals surface area contributed by atoms with E-state index < -0.39 is 0 Å². The predicted molar refractivity (Wildman–Crippen MR) is 64.5 cm³/mol. The Morgan fingerprint density at radius 1 is 1.15 bits per heavy atom. The van der Waals surface area contributed by atoms with Crippen molar-refractivity contribution in [1.82, 2.24) is 5.32 Å². The zero-order chi connectivity index (χ0) is 10.5. The van der Waals surface area contributed by atoms with Gasteiger partial charge in [-0.15, -0.1) is 0 Å². The third-order valence-corrected chi connectivity index (χ3v) is 3.23. The summed E-state index contributed by atoms with van der Waals surface area (Å²) in [4.78, 5) is 0. The Morgan fingerprint density at radius 2 is 1.69 bits per heavy atom. The second kappa shape index (κ2) is 5.92. The van der Waals surface area contributed by atoms with Crippen LogP contribution >= 0.6 is 11.8 Å². The number of nitrogens with one attached hydrogen (secondary N) is 1.